The molecule has 0 amide bonds. The van der Waals surface area contributed by atoms with Gasteiger partial charge in [0.2, 0.25) is 0 Å². The summed E-state index contributed by atoms with van der Waals surface area (Å²) in [6, 6.07) is 13.9. The summed E-state index contributed by atoms with van der Waals surface area (Å²) in [5.74, 6) is 0. The Hall–Kier alpha value is -0.870. The van der Waals surface area contributed by atoms with Gasteiger partial charge in [0, 0.05) is 21.5 Å². The number of nitrogens with two attached hydrogens (primary N) is 1. The lowest BCUT2D eigenvalue weighted by Gasteiger charge is -2.32. The topological polar surface area (TPSA) is 46.2 Å². The highest BCUT2D eigenvalue weighted by Crippen LogP contribution is 2.32. The minimum Gasteiger partial charge on any atom is -0.395 e. The third kappa shape index (κ3) is 3.67. The highest BCUT2D eigenvalue weighted by molar-refractivity contribution is 9.10. The number of aliphatic hydroxyl groups excluding tert-OH is 1. The number of rotatable bonds is 5. The molecule has 1 atom stereocenters. The van der Waals surface area contributed by atoms with Crippen molar-refractivity contribution < 1.29 is 5.11 Å². The van der Waals surface area contributed by atoms with Gasteiger partial charge in [-0.1, -0.05) is 63.4 Å². The predicted octanol–water partition coefficient (Wildman–Crippen LogP) is 3.84. The van der Waals surface area contributed by atoms with Crippen LogP contribution in [0.25, 0.3) is 0 Å². The summed E-state index contributed by atoms with van der Waals surface area (Å²) in [6.45, 7) is 2.38. The van der Waals surface area contributed by atoms with Crippen molar-refractivity contribution >= 4 is 27.5 Å². The maximum atomic E-state index is 10.00. The van der Waals surface area contributed by atoms with Crippen molar-refractivity contribution in [3.05, 3.63) is 68.7 Å². The molecule has 0 aliphatic rings. The quantitative estimate of drug-likeness (QED) is 0.842. The lowest BCUT2D eigenvalue weighted by atomic mass is 9.76. The fraction of sp³-hybridized carbons (Fsp3) is 0.294. The number of benzene rings is 2. The van der Waals surface area contributed by atoms with E-state index < -0.39 is 5.41 Å². The van der Waals surface area contributed by atoms with Crippen LogP contribution in [0.15, 0.2) is 46.9 Å². The van der Waals surface area contributed by atoms with Crippen LogP contribution in [0, 0.1) is 6.92 Å². The first kappa shape index (κ1) is 16.5. The molecule has 2 aromatic carbocycles. The molecule has 0 heterocycles. The molecule has 0 aliphatic heterocycles. The van der Waals surface area contributed by atoms with E-state index in [9.17, 15) is 5.11 Å². The Morgan fingerprint density at radius 3 is 2.57 bits per heavy atom. The fourth-order valence-corrected chi connectivity index (χ4v) is 3.25. The molecule has 2 nitrogen and oxygen atoms in total. The normalized spacial score (nSPS) is 14.0. The third-order valence-electron chi connectivity index (χ3n) is 3.87. The molecule has 21 heavy (non-hydrogen) atoms. The van der Waals surface area contributed by atoms with Gasteiger partial charge in [-0.15, -0.1) is 0 Å². The molecule has 4 heteroatoms. The van der Waals surface area contributed by atoms with E-state index in [1.54, 1.807) is 0 Å². The maximum Gasteiger partial charge on any atom is 0.0543 e. The average molecular weight is 369 g/mol. The first-order valence-electron chi connectivity index (χ1n) is 6.83. The molecule has 0 fully saturated rings. The zero-order chi connectivity index (χ0) is 15.5. The average Bonchev–Trinajstić information content (AvgIpc) is 2.47. The third-order valence-corrected chi connectivity index (χ3v) is 4.71. The molecule has 1 unspecified atom stereocenters. The molecule has 0 aliphatic carbocycles. The van der Waals surface area contributed by atoms with Crippen LogP contribution < -0.4 is 5.73 Å². The van der Waals surface area contributed by atoms with E-state index in [1.165, 1.54) is 0 Å². The minimum absolute atomic E-state index is 0.0145. The summed E-state index contributed by atoms with van der Waals surface area (Å²) in [5.41, 5.74) is 8.69. The molecule has 112 valence electrons. The van der Waals surface area contributed by atoms with Gasteiger partial charge >= 0.3 is 0 Å². The highest BCUT2D eigenvalue weighted by atomic mass is 79.9. The summed E-state index contributed by atoms with van der Waals surface area (Å²) in [4.78, 5) is 0. The van der Waals surface area contributed by atoms with Crippen LogP contribution in [0.3, 0.4) is 0 Å². The van der Waals surface area contributed by atoms with Crippen LogP contribution in [0.5, 0.6) is 0 Å². The van der Waals surface area contributed by atoms with Crippen LogP contribution in [-0.4, -0.2) is 18.3 Å². The predicted molar refractivity (Wildman–Crippen MR) is 91.9 cm³/mol. The minimum atomic E-state index is -0.510. The standard InChI is InChI=1S/C17H19BrClNO/c1-12-3-2-4-14(7-12)17(10-20,11-21)9-13-5-6-15(18)8-16(13)19/h2-8,21H,9-11,20H2,1H3. The number of hydrogen-bond donors (Lipinski definition) is 2. The van der Waals surface area contributed by atoms with Gasteiger partial charge in [0.25, 0.3) is 0 Å². The summed E-state index contributed by atoms with van der Waals surface area (Å²) < 4.78 is 0.939. The molecule has 0 bridgehead atoms. The van der Waals surface area contributed by atoms with Crippen molar-refractivity contribution in [1.82, 2.24) is 0 Å². The molecule has 0 radical (unpaired) electrons. The molecule has 2 rings (SSSR count). The Morgan fingerprint density at radius 2 is 2.00 bits per heavy atom. The van der Waals surface area contributed by atoms with Crippen molar-refractivity contribution in [2.75, 3.05) is 13.2 Å². The highest BCUT2D eigenvalue weighted by Gasteiger charge is 2.31. The van der Waals surface area contributed by atoms with E-state index in [2.05, 4.69) is 22.0 Å². The van der Waals surface area contributed by atoms with Gasteiger partial charge in [0.05, 0.1) is 6.61 Å². The second-order valence-corrected chi connectivity index (χ2v) is 6.75. The zero-order valence-corrected chi connectivity index (χ0v) is 14.3. The molecule has 0 saturated heterocycles. The molecule has 0 spiro atoms. The Balaban J connectivity index is 2.43. The van der Waals surface area contributed by atoms with Crippen molar-refractivity contribution in [2.45, 2.75) is 18.8 Å². The first-order valence-corrected chi connectivity index (χ1v) is 8.00. The number of aliphatic hydroxyl groups is 1. The molecule has 0 aromatic heterocycles. The van der Waals surface area contributed by atoms with Crippen LogP contribution in [0.1, 0.15) is 16.7 Å². The lowest BCUT2D eigenvalue weighted by Crippen LogP contribution is -2.41. The van der Waals surface area contributed by atoms with E-state index in [4.69, 9.17) is 17.3 Å². The Labute approximate surface area is 139 Å². The summed E-state index contributed by atoms with van der Waals surface area (Å²) in [6.07, 6.45) is 0.607. The monoisotopic (exact) mass is 367 g/mol. The Kier molecular flexibility index (Phi) is 5.44. The van der Waals surface area contributed by atoms with Crippen molar-refractivity contribution in [3.8, 4) is 0 Å². The van der Waals surface area contributed by atoms with E-state index >= 15 is 0 Å². The largest absolute Gasteiger partial charge is 0.395 e. The SMILES string of the molecule is Cc1cccc(C(CN)(CO)Cc2ccc(Br)cc2Cl)c1. The zero-order valence-electron chi connectivity index (χ0n) is 11.9. The number of hydrogen-bond acceptors (Lipinski definition) is 2. The van der Waals surface area contributed by atoms with Crippen molar-refractivity contribution in [2.24, 2.45) is 5.73 Å². The lowest BCUT2D eigenvalue weighted by molar-refractivity contribution is 0.196. The Bertz CT molecular complexity index is 626. The van der Waals surface area contributed by atoms with Gasteiger partial charge < -0.3 is 10.8 Å². The smallest absolute Gasteiger partial charge is 0.0543 e. The summed E-state index contributed by atoms with van der Waals surface area (Å²) in [7, 11) is 0. The van der Waals surface area contributed by atoms with Crippen LogP contribution in [0.4, 0.5) is 0 Å². The summed E-state index contributed by atoms with van der Waals surface area (Å²) in [5, 5.41) is 10.7. The number of aryl methyl sites for hydroxylation is 1. The van der Waals surface area contributed by atoms with Crippen molar-refractivity contribution in [1.29, 1.82) is 0 Å². The molecule has 3 N–H and O–H groups in total. The van der Waals surface area contributed by atoms with Crippen molar-refractivity contribution in [3.63, 3.8) is 0 Å². The molecular weight excluding hydrogens is 350 g/mol. The van der Waals surface area contributed by atoms with Crippen LogP contribution >= 0.6 is 27.5 Å². The van der Waals surface area contributed by atoms with E-state index in [1.807, 2.05) is 43.3 Å². The van der Waals surface area contributed by atoms with Gasteiger partial charge in [-0.25, -0.2) is 0 Å². The Morgan fingerprint density at radius 1 is 1.24 bits per heavy atom. The second kappa shape index (κ2) is 6.93. The van der Waals surface area contributed by atoms with E-state index in [0.717, 1.165) is 21.2 Å². The molecule has 0 saturated carbocycles. The van der Waals surface area contributed by atoms with E-state index in [-0.39, 0.29) is 6.61 Å². The van der Waals surface area contributed by atoms with Gasteiger partial charge in [-0.3, -0.25) is 0 Å². The van der Waals surface area contributed by atoms with Gasteiger partial charge in [0.1, 0.15) is 0 Å². The molecule has 2 aromatic rings. The first-order chi connectivity index (χ1) is 10.0. The van der Waals surface area contributed by atoms with Crippen LogP contribution in [0.2, 0.25) is 5.02 Å². The fourth-order valence-electron chi connectivity index (χ4n) is 2.51. The maximum absolute atomic E-state index is 10.00. The van der Waals surface area contributed by atoms with E-state index in [0.29, 0.717) is 18.0 Å². The molecular formula is C17H19BrClNO. The van der Waals surface area contributed by atoms with Gasteiger partial charge in [-0.05, 0) is 36.6 Å². The number of halogens is 2. The summed E-state index contributed by atoms with van der Waals surface area (Å²) >= 11 is 9.72. The van der Waals surface area contributed by atoms with Crippen LogP contribution in [-0.2, 0) is 11.8 Å². The van der Waals surface area contributed by atoms with Gasteiger partial charge in [-0.2, -0.15) is 0 Å². The van der Waals surface area contributed by atoms with Gasteiger partial charge in [0.15, 0.2) is 0 Å². The second-order valence-electron chi connectivity index (χ2n) is 5.42.